The fourth-order valence-electron chi connectivity index (χ4n) is 8.43. The van der Waals surface area contributed by atoms with E-state index >= 15 is 0 Å². The molecule has 1 N–H and O–H groups in total. The standard InChI is InChI=1S/C47H49N6O12P/c1-29(2)52(30(3)4)66(63-26-10-24-48)65-42-39(28-62-47(31-11-8-7-9-12-31,32-13-18-35(60-5)19-14-32)33-15-20-36(61-6)21-16-33)64-45(50-25-23-40(54)49-46(50)57)41(42)51-43(55)37-22-17-34(53(58)59)27-38(37)44(51)56/h7-9,11-23,25,27,29-30,39,41-42,45H,10,26,28H2,1-6H3,(H,49,54,57)/t39-,41+,42-,45-,66?/m1/s1. The number of ether oxygens (including phenoxy) is 4. The molecule has 5 atom stereocenters. The minimum Gasteiger partial charge on any atom is -0.497 e. The van der Waals surface area contributed by atoms with Gasteiger partial charge in [-0.25, -0.2) is 9.46 Å². The number of nitrogens with zero attached hydrogens (tertiary/aromatic N) is 5. The summed E-state index contributed by atoms with van der Waals surface area (Å²) in [6, 6.07) is 28.8. The van der Waals surface area contributed by atoms with Gasteiger partial charge in [0.05, 0.1) is 56.0 Å². The van der Waals surface area contributed by atoms with Gasteiger partial charge in [0.1, 0.15) is 35.3 Å². The summed E-state index contributed by atoms with van der Waals surface area (Å²) in [4.78, 5) is 69.8. The number of fused-ring (bicyclic) bond motifs is 1. The molecule has 0 saturated carbocycles. The van der Waals surface area contributed by atoms with E-state index in [-0.39, 0.29) is 42.8 Å². The van der Waals surface area contributed by atoms with E-state index in [1.807, 2.05) is 87.0 Å². The normalized spacial score (nSPS) is 18.8. The van der Waals surface area contributed by atoms with Crippen LogP contribution in [0.25, 0.3) is 0 Å². The summed E-state index contributed by atoms with van der Waals surface area (Å²) < 4.78 is 41.6. The number of non-ortho nitro benzene ring substituents is 1. The van der Waals surface area contributed by atoms with Crippen LogP contribution in [0.3, 0.4) is 0 Å². The van der Waals surface area contributed by atoms with Gasteiger partial charge in [-0.05, 0) is 74.7 Å². The molecule has 1 fully saturated rings. The van der Waals surface area contributed by atoms with Crippen molar-refractivity contribution in [1.29, 1.82) is 5.26 Å². The van der Waals surface area contributed by atoms with Crippen LogP contribution in [0, 0.1) is 21.4 Å². The number of imide groups is 1. The van der Waals surface area contributed by atoms with Crippen LogP contribution in [0.15, 0.2) is 119 Å². The summed E-state index contributed by atoms with van der Waals surface area (Å²) in [6.45, 7) is 7.38. The van der Waals surface area contributed by atoms with Crippen LogP contribution in [-0.2, 0) is 24.1 Å². The van der Waals surface area contributed by atoms with Gasteiger partial charge in [0.2, 0.25) is 0 Å². The lowest BCUT2D eigenvalue weighted by Crippen LogP contribution is -2.52. The maximum atomic E-state index is 14.7. The third-order valence-corrected chi connectivity index (χ3v) is 13.5. The highest BCUT2D eigenvalue weighted by molar-refractivity contribution is 7.44. The predicted molar refractivity (Wildman–Crippen MR) is 241 cm³/mol. The molecule has 0 aliphatic carbocycles. The maximum Gasteiger partial charge on any atom is 0.330 e. The molecule has 0 radical (unpaired) electrons. The predicted octanol–water partition coefficient (Wildman–Crippen LogP) is 6.69. The van der Waals surface area contributed by atoms with E-state index in [4.69, 9.17) is 28.0 Å². The van der Waals surface area contributed by atoms with Gasteiger partial charge in [-0.1, -0.05) is 54.6 Å². The van der Waals surface area contributed by atoms with Crippen molar-refractivity contribution in [1.82, 2.24) is 19.1 Å². The average Bonchev–Trinajstić information content (AvgIpc) is 3.77. The Morgan fingerprint density at radius 1 is 0.848 bits per heavy atom. The number of carbonyl (C=O) groups excluding carboxylic acids is 2. The largest absolute Gasteiger partial charge is 0.497 e. The van der Waals surface area contributed by atoms with E-state index in [2.05, 4.69) is 11.1 Å². The van der Waals surface area contributed by atoms with Gasteiger partial charge in [-0.15, -0.1) is 0 Å². The molecule has 3 heterocycles. The van der Waals surface area contributed by atoms with E-state index in [1.54, 1.807) is 38.5 Å². The number of carbonyl (C=O) groups is 2. The molecule has 0 bridgehead atoms. The Labute approximate surface area is 381 Å². The number of hydrogen-bond donors (Lipinski definition) is 1. The van der Waals surface area contributed by atoms with Crippen molar-refractivity contribution in [2.24, 2.45) is 0 Å². The number of nitrogens with one attached hydrogen (secondary N) is 1. The Morgan fingerprint density at radius 3 is 1.98 bits per heavy atom. The number of aromatic amines is 1. The summed E-state index contributed by atoms with van der Waals surface area (Å²) in [7, 11) is 0.981. The number of rotatable bonds is 19. The maximum absolute atomic E-state index is 14.7. The van der Waals surface area contributed by atoms with Gasteiger partial charge in [0.25, 0.3) is 31.6 Å². The average molecular weight is 921 g/mol. The highest BCUT2D eigenvalue weighted by Gasteiger charge is 2.57. The van der Waals surface area contributed by atoms with Crippen molar-refractivity contribution in [3.8, 4) is 17.6 Å². The zero-order chi connectivity index (χ0) is 47.3. The zero-order valence-electron chi connectivity index (χ0n) is 37.1. The second kappa shape index (κ2) is 20.3. The fraction of sp³-hybridized carbons (Fsp3) is 0.340. The quantitative estimate of drug-likeness (QED) is 0.0228. The Morgan fingerprint density at radius 2 is 1.44 bits per heavy atom. The second-order valence-electron chi connectivity index (χ2n) is 16.0. The summed E-state index contributed by atoms with van der Waals surface area (Å²) >= 11 is 0. The number of aromatic nitrogens is 2. The smallest absolute Gasteiger partial charge is 0.330 e. The topological polar surface area (TPSA) is 218 Å². The van der Waals surface area contributed by atoms with Crippen LogP contribution in [0.2, 0.25) is 0 Å². The van der Waals surface area contributed by atoms with Crippen molar-refractivity contribution >= 4 is 26.0 Å². The molecular formula is C47H49N6O12P. The van der Waals surface area contributed by atoms with Gasteiger partial charge in [-0.3, -0.25) is 38.9 Å². The molecule has 4 aromatic carbocycles. The van der Waals surface area contributed by atoms with Gasteiger partial charge >= 0.3 is 5.69 Å². The molecule has 2 aliphatic heterocycles. The number of hydrogen-bond acceptors (Lipinski definition) is 14. The monoisotopic (exact) mass is 920 g/mol. The van der Waals surface area contributed by atoms with E-state index in [0.717, 1.165) is 27.7 Å². The first kappa shape index (κ1) is 47.4. The molecule has 2 aliphatic rings. The van der Waals surface area contributed by atoms with Gasteiger partial charge < -0.3 is 28.0 Å². The Balaban J connectivity index is 1.44. The van der Waals surface area contributed by atoms with Crippen LogP contribution in [0.4, 0.5) is 5.69 Å². The van der Waals surface area contributed by atoms with E-state index in [9.17, 15) is 34.6 Å². The minimum absolute atomic E-state index is 0.0132. The number of amides is 2. The molecular weight excluding hydrogens is 872 g/mol. The molecule has 18 nitrogen and oxygen atoms in total. The van der Waals surface area contributed by atoms with E-state index < -0.39 is 72.3 Å². The SMILES string of the molecule is COc1ccc(C(OC[C@H]2O[C@@H](n3ccc(=O)[nH]c3=O)[C@@H](N3C(=O)c4ccc([N+](=O)[O-])cc4C3=O)[C@@H]2OP(OCCC#N)N(C(C)C)C(C)C)(c2ccccc2)c2ccc(OC)cc2)cc1. The highest BCUT2D eigenvalue weighted by Crippen LogP contribution is 2.52. The lowest BCUT2D eigenvalue weighted by Gasteiger charge is -2.40. The first-order valence-electron chi connectivity index (χ1n) is 21.1. The Bertz CT molecular complexity index is 2650. The van der Waals surface area contributed by atoms with Gasteiger partial charge in [0, 0.05) is 36.5 Å². The number of methoxy groups -OCH3 is 2. The minimum atomic E-state index is -2.14. The molecule has 1 unspecified atom stereocenters. The molecule has 5 aromatic rings. The first-order valence-corrected chi connectivity index (χ1v) is 22.2. The lowest BCUT2D eigenvalue weighted by molar-refractivity contribution is -0.384. The summed E-state index contributed by atoms with van der Waals surface area (Å²) in [6.07, 6.45) is -2.92. The molecule has 0 spiro atoms. The number of nitro groups is 1. The summed E-state index contributed by atoms with van der Waals surface area (Å²) in [5.41, 5.74) is -1.74. The molecule has 66 heavy (non-hydrogen) atoms. The van der Waals surface area contributed by atoms with Crippen LogP contribution in [0.1, 0.15) is 77.8 Å². The van der Waals surface area contributed by atoms with Crippen LogP contribution < -0.4 is 20.7 Å². The molecule has 1 aromatic heterocycles. The molecule has 1 saturated heterocycles. The summed E-state index contributed by atoms with van der Waals surface area (Å²) in [5, 5.41) is 21.4. The molecule has 7 rings (SSSR count). The van der Waals surface area contributed by atoms with Crippen LogP contribution in [-0.4, -0.2) is 93.6 Å². The van der Waals surface area contributed by atoms with Gasteiger partial charge in [-0.2, -0.15) is 5.26 Å². The van der Waals surface area contributed by atoms with Crippen molar-refractivity contribution in [2.75, 3.05) is 27.4 Å². The van der Waals surface area contributed by atoms with Gasteiger partial charge in [0.15, 0.2) is 6.23 Å². The molecule has 344 valence electrons. The van der Waals surface area contributed by atoms with Crippen molar-refractivity contribution in [3.63, 3.8) is 0 Å². The highest BCUT2D eigenvalue weighted by atomic mass is 31.2. The third-order valence-electron chi connectivity index (χ3n) is 11.4. The molecule has 19 heteroatoms. The number of H-pyrrole nitrogens is 1. The van der Waals surface area contributed by atoms with Crippen molar-refractivity contribution < 1.29 is 42.5 Å². The molecule has 2 amide bonds. The Hall–Kier alpha value is -6.58. The number of nitro benzene ring substituents is 1. The lowest BCUT2D eigenvalue weighted by atomic mass is 9.80. The zero-order valence-corrected chi connectivity index (χ0v) is 38.0. The van der Waals surface area contributed by atoms with Crippen molar-refractivity contribution in [3.05, 3.63) is 168 Å². The third kappa shape index (κ3) is 9.27. The van der Waals surface area contributed by atoms with Crippen LogP contribution in [0.5, 0.6) is 11.5 Å². The van der Waals surface area contributed by atoms with Crippen LogP contribution >= 0.6 is 8.53 Å². The summed E-state index contributed by atoms with van der Waals surface area (Å²) in [5.74, 6) is -0.545. The fourth-order valence-corrected chi connectivity index (χ4v) is 10.2. The second-order valence-corrected chi connectivity index (χ2v) is 17.4. The van der Waals surface area contributed by atoms with Crippen molar-refractivity contribution in [2.45, 2.75) is 76.3 Å². The van der Waals surface area contributed by atoms with E-state index in [0.29, 0.717) is 28.2 Å². The first-order chi connectivity index (χ1) is 31.7. The Kier molecular flexibility index (Phi) is 14.6. The van der Waals surface area contributed by atoms with E-state index in [1.165, 1.54) is 12.3 Å². The number of benzene rings is 4. The number of nitriles is 1.